The molecule has 0 aromatic heterocycles. The Bertz CT molecular complexity index is 714. The molecular weight excluding hydrogens is 330 g/mol. The van der Waals surface area contributed by atoms with Crippen LogP contribution in [0.5, 0.6) is 0 Å². The number of rotatable bonds is 5. The van der Waals surface area contributed by atoms with E-state index in [-0.39, 0.29) is 54.6 Å². The van der Waals surface area contributed by atoms with Crippen molar-refractivity contribution in [3.8, 4) is 0 Å². The normalized spacial score (nSPS) is 29.0. The molecular formula is C20H23N3O3. The van der Waals surface area contributed by atoms with Gasteiger partial charge in [0.1, 0.15) is 0 Å². The van der Waals surface area contributed by atoms with Gasteiger partial charge in [-0.3, -0.25) is 14.5 Å². The summed E-state index contributed by atoms with van der Waals surface area (Å²) in [5.74, 6) is -0.0884. The van der Waals surface area contributed by atoms with E-state index in [4.69, 9.17) is 0 Å². The number of imide groups is 1. The van der Waals surface area contributed by atoms with Gasteiger partial charge in [0.25, 0.3) is 0 Å². The minimum absolute atomic E-state index is 0.0643. The predicted octanol–water partition coefficient (Wildman–Crippen LogP) is 1.68. The van der Waals surface area contributed by atoms with E-state index in [0.29, 0.717) is 6.54 Å². The SMILES string of the molecule is O=C(NCCN1C(=O)C2C3C=CC(CC3)C2C1=O)NCc1ccccc1. The third-order valence-electron chi connectivity index (χ3n) is 5.77. The first kappa shape index (κ1) is 16.8. The average molecular weight is 353 g/mol. The maximum Gasteiger partial charge on any atom is 0.315 e. The van der Waals surface area contributed by atoms with Crippen LogP contribution in [0.1, 0.15) is 18.4 Å². The minimum Gasteiger partial charge on any atom is -0.336 e. The van der Waals surface area contributed by atoms with Crippen LogP contribution in [-0.4, -0.2) is 35.8 Å². The molecule has 1 saturated heterocycles. The summed E-state index contributed by atoms with van der Waals surface area (Å²) in [5.41, 5.74) is 1.01. The van der Waals surface area contributed by atoms with Gasteiger partial charge in [-0.15, -0.1) is 0 Å². The molecule has 26 heavy (non-hydrogen) atoms. The van der Waals surface area contributed by atoms with Crippen molar-refractivity contribution in [3.05, 3.63) is 48.0 Å². The van der Waals surface area contributed by atoms with Gasteiger partial charge in [0, 0.05) is 19.6 Å². The Morgan fingerprint density at radius 2 is 1.58 bits per heavy atom. The summed E-state index contributed by atoms with van der Waals surface area (Å²) < 4.78 is 0. The lowest BCUT2D eigenvalue weighted by atomic mass is 9.63. The second kappa shape index (κ2) is 6.94. The molecule has 1 aliphatic heterocycles. The van der Waals surface area contributed by atoms with Crippen LogP contribution in [0, 0.1) is 23.7 Å². The van der Waals surface area contributed by atoms with Gasteiger partial charge in [-0.2, -0.15) is 0 Å². The van der Waals surface area contributed by atoms with Crippen LogP contribution in [0.15, 0.2) is 42.5 Å². The molecule has 4 unspecified atom stereocenters. The summed E-state index contributed by atoms with van der Waals surface area (Å²) in [5, 5.41) is 5.50. The first-order valence-electron chi connectivity index (χ1n) is 9.24. The number of benzene rings is 1. The van der Waals surface area contributed by atoms with E-state index >= 15 is 0 Å². The van der Waals surface area contributed by atoms with E-state index < -0.39 is 0 Å². The lowest BCUT2D eigenvalue weighted by Gasteiger charge is -2.38. The standard InChI is InChI=1S/C20H23N3O3/c24-18-16-14-6-7-15(9-8-14)17(16)19(25)23(18)11-10-21-20(26)22-12-13-4-2-1-3-5-13/h1-7,14-17H,8-12H2,(H2,21,22,26). The molecule has 2 N–H and O–H groups in total. The summed E-state index contributed by atoms with van der Waals surface area (Å²) in [6.07, 6.45) is 6.21. The van der Waals surface area contributed by atoms with Gasteiger partial charge in [-0.05, 0) is 30.2 Å². The number of carbonyl (C=O) groups is 3. The highest BCUT2D eigenvalue weighted by Crippen LogP contribution is 2.49. The summed E-state index contributed by atoms with van der Waals surface area (Å²) in [6, 6.07) is 9.33. The van der Waals surface area contributed by atoms with Crippen molar-refractivity contribution < 1.29 is 14.4 Å². The zero-order valence-electron chi connectivity index (χ0n) is 14.6. The first-order chi connectivity index (χ1) is 12.6. The van der Waals surface area contributed by atoms with Gasteiger partial charge in [-0.25, -0.2) is 4.79 Å². The number of urea groups is 1. The number of nitrogens with one attached hydrogen (secondary N) is 2. The molecule has 1 heterocycles. The smallest absolute Gasteiger partial charge is 0.315 e. The van der Waals surface area contributed by atoms with Crippen LogP contribution in [0.3, 0.4) is 0 Å². The van der Waals surface area contributed by atoms with Gasteiger partial charge in [0.15, 0.2) is 0 Å². The molecule has 0 spiro atoms. The molecule has 2 bridgehead atoms. The molecule has 4 amide bonds. The van der Waals surface area contributed by atoms with E-state index in [0.717, 1.165) is 18.4 Å². The van der Waals surface area contributed by atoms with Crippen LogP contribution in [0.25, 0.3) is 0 Å². The van der Waals surface area contributed by atoms with Crippen LogP contribution in [-0.2, 0) is 16.1 Å². The number of amides is 4. The number of carbonyl (C=O) groups excluding carboxylic acids is 3. The highest BCUT2D eigenvalue weighted by atomic mass is 16.2. The molecule has 1 aromatic carbocycles. The van der Waals surface area contributed by atoms with E-state index in [2.05, 4.69) is 22.8 Å². The molecule has 0 radical (unpaired) electrons. The molecule has 6 heteroatoms. The third-order valence-corrected chi connectivity index (χ3v) is 5.77. The van der Waals surface area contributed by atoms with Crippen LogP contribution < -0.4 is 10.6 Å². The molecule has 136 valence electrons. The maximum atomic E-state index is 12.7. The lowest BCUT2D eigenvalue weighted by Crippen LogP contribution is -2.42. The van der Waals surface area contributed by atoms with Gasteiger partial charge < -0.3 is 10.6 Å². The number of likely N-dealkylation sites (tertiary alicyclic amines) is 1. The van der Waals surface area contributed by atoms with Crippen LogP contribution in [0.4, 0.5) is 4.79 Å². The number of allylic oxidation sites excluding steroid dienone is 2. The Morgan fingerprint density at radius 3 is 2.15 bits per heavy atom. The average Bonchev–Trinajstić information content (AvgIpc) is 2.95. The fourth-order valence-corrected chi connectivity index (χ4v) is 4.48. The first-order valence-corrected chi connectivity index (χ1v) is 9.24. The molecule has 5 rings (SSSR count). The van der Waals surface area contributed by atoms with E-state index in [1.54, 1.807) is 0 Å². The number of hydrogen-bond donors (Lipinski definition) is 2. The van der Waals surface area contributed by atoms with Gasteiger partial charge >= 0.3 is 6.03 Å². The molecule has 4 atom stereocenters. The summed E-state index contributed by atoms with van der Waals surface area (Å²) in [6.45, 7) is 0.941. The van der Waals surface area contributed by atoms with Crippen molar-refractivity contribution >= 4 is 17.8 Å². The van der Waals surface area contributed by atoms with Gasteiger partial charge in [0.05, 0.1) is 11.8 Å². The van der Waals surface area contributed by atoms with Crippen molar-refractivity contribution in [2.45, 2.75) is 19.4 Å². The predicted molar refractivity (Wildman–Crippen MR) is 95.7 cm³/mol. The fraction of sp³-hybridized carbons (Fsp3) is 0.450. The highest BCUT2D eigenvalue weighted by molar-refractivity contribution is 6.06. The lowest BCUT2D eigenvalue weighted by molar-refractivity contribution is -0.140. The van der Waals surface area contributed by atoms with E-state index in [1.807, 2.05) is 30.3 Å². The molecule has 2 fully saturated rings. The fourth-order valence-electron chi connectivity index (χ4n) is 4.48. The molecule has 1 saturated carbocycles. The van der Waals surface area contributed by atoms with Crippen molar-refractivity contribution in [3.63, 3.8) is 0 Å². The molecule has 6 nitrogen and oxygen atoms in total. The van der Waals surface area contributed by atoms with Crippen molar-refractivity contribution in [2.24, 2.45) is 23.7 Å². The zero-order chi connectivity index (χ0) is 18.1. The minimum atomic E-state index is -0.299. The van der Waals surface area contributed by atoms with Crippen molar-refractivity contribution in [1.82, 2.24) is 15.5 Å². The Kier molecular flexibility index (Phi) is 4.49. The Morgan fingerprint density at radius 1 is 0.962 bits per heavy atom. The largest absolute Gasteiger partial charge is 0.336 e. The summed E-state index contributed by atoms with van der Waals surface area (Å²) in [7, 11) is 0. The quantitative estimate of drug-likeness (QED) is 0.624. The van der Waals surface area contributed by atoms with Crippen molar-refractivity contribution in [1.29, 1.82) is 0 Å². The Labute approximate surface area is 152 Å². The second-order valence-corrected chi connectivity index (χ2v) is 7.26. The number of hydrogen-bond acceptors (Lipinski definition) is 3. The molecule has 3 aliphatic carbocycles. The maximum absolute atomic E-state index is 12.7. The third kappa shape index (κ3) is 3.00. The zero-order valence-corrected chi connectivity index (χ0v) is 14.6. The van der Waals surface area contributed by atoms with E-state index in [9.17, 15) is 14.4 Å². The van der Waals surface area contributed by atoms with E-state index in [1.165, 1.54) is 4.90 Å². The van der Waals surface area contributed by atoms with Crippen molar-refractivity contribution in [2.75, 3.05) is 13.1 Å². The topological polar surface area (TPSA) is 78.5 Å². The molecule has 4 aliphatic rings. The highest BCUT2D eigenvalue weighted by Gasteiger charge is 2.56. The Hall–Kier alpha value is -2.63. The Balaban J connectivity index is 1.27. The van der Waals surface area contributed by atoms with Gasteiger partial charge in [-0.1, -0.05) is 42.5 Å². The number of nitrogens with zero attached hydrogens (tertiary/aromatic N) is 1. The second-order valence-electron chi connectivity index (χ2n) is 7.26. The number of fused-ring (bicyclic) bond motifs is 1. The molecule has 1 aromatic rings. The monoisotopic (exact) mass is 353 g/mol. The van der Waals surface area contributed by atoms with Crippen LogP contribution in [0.2, 0.25) is 0 Å². The summed E-state index contributed by atoms with van der Waals surface area (Å²) in [4.78, 5) is 38.6. The van der Waals surface area contributed by atoms with Crippen LogP contribution >= 0.6 is 0 Å². The van der Waals surface area contributed by atoms with Gasteiger partial charge in [0.2, 0.25) is 11.8 Å². The summed E-state index contributed by atoms with van der Waals surface area (Å²) >= 11 is 0.